The molecular weight excluding hydrogens is 539 g/mol. The Hall–Kier alpha value is -4.71. The molecule has 1 aromatic heterocycles. The second kappa shape index (κ2) is 11.6. The first-order chi connectivity index (χ1) is 20.2. The van der Waals surface area contributed by atoms with E-state index in [1.807, 2.05) is 13.0 Å². The van der Waals surface area contributed by atoms with Gasteiger partial charge in [-0.1, -0.05) is 0 Å². The van der Waals surface area contributed by atoms with Gasteiger partial charge in [0.2, 0.25) is 0 Å². The molecule has 1 fully saturated rings. The van der Waals surface area contributed by atoms with Crippen LogP contribution < -0.4 is 32.2 Å². The SMILES string of the molecule is CN=Cc1cc(C(=O)NCC(c2cc3c(c(-c4ccc(F)cc4)n2)OC[C@]3(C)N(N)/C=N\N)C2CC2)cc(OC)c1N. The summed E-state index contributed by atoms with van der Waals surface area (Å²) in [5.74, 6) is 12.3. The van der Waals surface area contributed by atoms with Crippen LogP contribution in [0.15, 0.2) is 52.6 Å². The number of carbonyl (C=O) groups excluding carboxylic acids is 1. The molecule has 1 saturated carbocycles. The molecular formula is C30H35FN8O3. The number of hydrazine groups is 1. The lowest BCUT2D eigenvalue weighted by molar-refractivity contribution is 0.0949. The Bertz CT molecular complexity index is 1540. The molecule has 11 nitrogen and oxygen atoms in total. The Morgan fingerprint density at radius 1 is 1.31 bits per heavy atom. The predicted molar refractivity (Wildman–Crippen MR) is 160 cm³/mol. The molecule has 1 aliphatic carbocycles. The van der Waals surface area contributed by atoms with E-state index in [0.29, 0.717) is 52.0 Å². The topological polar surface area (TPSA) is 166 Å². The van der Waals surface area contributed by atoms with Gasteiger partial charge < -0.3 is 26.4 Å². The molecule has 0 radical (unpaired) electrons. The van der Waals surface area contributed by atoms with E-state index in [9.17, 15) is 9.18 Å². The normalized spacial score (nSPS) is 18.6. The Labute approximate surface area is 243 Å². The maximum absolute atomic E-state index is 13.8. The fourth-order valence-electron chi connectivity index (χ4n) is 5.31. The molecule has 220 valence electrons. The summed E-state index contributed by atoms with van der Waals surface area (Å²) >= 11 is 0. The van der Waals surface area contributed by atoms with Crippen molar-refractivity contribution in [2.75, 3.05) is 33.0 Å². The average molecular weight is 575 g/mol. The number of nitrogen functional groups attached to an aromatic ring is 1. The number of amides is 1. The van der Waals surface area contributed by atoms with Gasteiger partial charge in [0.25, 0.3) is 5.91 Å². The zero-order chi connectivity index (χ0) is 30.0. The molecule has 2 atom stereocenters. The number of fused-ring (bicyclic) bond motifs is 1. The Balaban J connectivity index is 1.52. The van der Waals surface area contributed by atoms with Gasteiger partial charge in [-0.15, -0.1) is 0 Å². The van der Waals surface area contributed by atoms with Crippen molar-refractivity contribution in [3.05, 3.63) is 70.7 Å². The van der Waals surface area contributed by atoms with E-state index in [4.69, 9.17) is 31.9 Å². The highest BCUT2D eigenvalue weighted by Crippen LogP contribution is 2.48. The zero-order valence-electron chi connectivity index (χ0n) is 23.8. The number of carbonyl (C=O) groups is 1. The molecule has 1 unspecified atom stereocenters. The lowest BCUT2D eigenvalue weighted by atomic mass is 9.89. The van der Waals surface area contributed by atoms with Crippen LogP contribution in [0.5, 0.6) is 11.5 Å². The summed E-state index contributed by atoms with van der Waals surface area (Å²) in [7, 11) is 3.13. The van der Waals surface area contributed by atoms with Crippen LogP contribution in [0.2, 0.25) is 0 Å². The number of anilines is 1. The van der Waals surface area contributed by atoms with Crippen molar-refractivity contribution in [3.63, 3.8) is 0 Å². The molecule has 0 saturated heterocycles. The van der Waals surface area contributed by atoms with E-state index >= 15 is 0 Å². The van der Waals surface area contributed by atoms with Crippen molar-refractivity contribution in [2.24, 2.45) is 27.7 Å². The number of aromatic nitrogens is 1. The van der Waals surface area contributed by atoms with Crippen LogP contribution in [-0.2, 0) is 5.54 Å². The summed E-state index contributed by atoms with van der Waals surface area (Å²) in [5, 5.41) is 8.09. The molecule has 42 heavy (non-hydrogen) atoms. The second-order valence-corrected chi connectivity index (χ2v) is 10.7. The fourth-order valence-corrected chi connectivity index (χ4v) is 5.31. The Morgan fingerprint density at radius 2 is 2.05 bits per heavy atom. The highest BCUT2D eigenvalue weighted by molar-refractivity contribution is 5.99. The smallest absolute Gasteiger partial charge is 0.251 e. The van der Waals surface area contributed by atoms with Gasteiger partial charge in [-0.2, -0.15) is 5.10 Å². The van der Waals surface area contributed by atoms with Crippen LogP contribution in [0.1, 0.15) is 52.9 Å². The van der Waals surface area contributed by atoms with Gasteiger partial charge in [-0.05, 0) is 68.1 Å². The number of ether oxygens (including phenoxy) is 2. The van der Waals surface area contributed by atoms with Crippen LogP contribution in [0.25, 0.3) is 11.3 Å². The monoisotopic (exact) mass is 574 g/mol. The van der Waals surface area contributed by atoms with E-state index in [-0.39, 0.29) is 24.2 Å². The summed E-state index contributed by atoms with van der Waals surface area (Å²) in [6, 6.07) is 11.4. The first kappa shape index (κ1) is 28.8. The molecule has 12 heteroatoms. The largest absolute Gasteiger partial charge is 0.495 e. The van der Waals surface area contributed by atoms with Gasteiger partial charge in [0.1, 0.15) is 35.7 Å². The highest BCUT2D eigenvalue weighted by Gasteiger charge is 2.44. The van der Waals surface area contributed by atoms with E-state index in [1.54, 1.807) is 37.5 Å². The number of pyridine rings is 1. The number of hydrogen-bond donors (Lipinski definition) is 4. The quantitative estimate of drug-likeness (QED) is 0.0942. The first-order valence-corrected chi connectivity index (χ1v) is 13.6. The molecule has 0 bridgehead atoms. The van der Waals surface area contributed by atoms with Gasteiger partial charge in [0.15, 0.2) is 5.75 Å². The lowest BCUT2D eigenvalue weighted by Gasteiger charge is -2.32. The van der Waals surface area contributed by atoms with Crippen molar-refractivity contribution in [1.29, 1.82) is 0 Å². The van der Waals surface area contributed by atoms with Crippen LogP contribution in [-0.4, -0.2) is 55.8 Å². The summed E-state index contributed by atoms with van der Waals surface area (Å²) in [6.07, 6.45) is 4.94. The maximum Gasteiger partial charge on any atom is 0.251 e. The predicted octanol–water partition coefficient (Wildman–Crippen LogP) is 3.14. The lowest BCUT2D eigenvalue weighted by Crippen LogP contribution is -2.49. The van der Waals surface area contributed by atoms with E-state index in [1.165, 1.54) is 30.6 Å². The van der Waals surface area contributed by atoms with Crippen molar-refractivity contribution in [1.82, 2.24) is 15.3 Å². The van der Waals surface area contributed by atoms with Crippen LogP contribution >= 0.6 is 0 Å². The molecule has 2 aliphatic rings. The van der Waals surface area contributed by atoms with Gasteiger partial charge in [0.05, 0.1) is 12.8 Å². The number of nitrogens with one attached hydrogen (secondary N) is 1. The zero-order valence-corrected chi connectivity index (χ0v) is 23.8. The van der Waals surface area contributed by atoms with Crippen molar-refractivity contribution in [2.45, 2.75) is 31.2 Å². The van der Waals surface area contributed by atoms with Gasteiger partial charge >= 0.3 is 0 Å². The number of nitrogens with zero attached hydrogens (tertiary/aromatic N) is 4. The van der Waals surface area contributed by atoms with Crippen LogP contribution in [0, 0.1) is 11.7 Å². The minimum Gasteiger partial charge on any atom is -0.495 e. The summed E-state index contributed by atoms with van der Waals surface area (Å²) in [5.41, 5.74) is 9.63. The standard InChI is InChI=1S/C30H35FN8O3/c1-30(39(34)16-37-33)15-42-28-23(30)12-24(38-27(28)18-6-8-21(31)9-7-18)22(17-4-5-17)14-36-29(40)19-10-20(13-35-2)26(32)25(11-19)41-3/h6-13,16-17,22H,4-5,14-15,32-34H2,1-3H3,(H,36,40)/b35-13?,37-16-/t22?,30-/m0/s1. The minimum absolute atomic E-state index is 0.0925. The number of nitrogens with two attached hydrogens (primary N) is 3. The van der Waals surface area contributed by atoms with E-state index < -0.39 is 5.54 Å². The third-order valence-corrected chi connectivity index (χ3v) is 7.93. The molecule has 0 spiro atoms. The van der Waals surface area contributed by atoms with Crippen LogP contribution in [0.3, 0.4) is 0 Å². The summed E-state index contributed by atoms with van der Waals surface area (Å²) in [4.78, 5) is 22.4. The van der Waals surface area contributed by atoms with E-state index in [2.05, 4.69) is 15.4 Å². The molecule has 1 amide bonds. The van der Waals surface area contributed by atoms with Gasteiger partial charge in [-0.3, -0.25) is 14.8 Å². The number of aliphatic imine (C=N–C) groups is 1. The molecule has 5 rings (SSSR count). The third kappa shape index (κ3) is 5.45. The first-order valence-electron chi connectivity index (χ1n) is 13.6. The molecule has 7 N–H and O–H groups in total. The summed E-state index contributed by atoms with van der Waals surface area (Å²) < 4.78 is 25.3. The highest BCUT2D eigenvalue weighted by atomic mass is 19.1. The van der Waals surface area contributed by atoms with Crippen molar-refractivity contribution >= 4 is 24.1 Å². The van der Waals surface area contributed by atoms with Crippen molar-refractivity contribution < 1.29 is 18.7 Å². The van der Waals surface area contributed by atoms with E-state index in [0.717, 1.165) is 24.1 Å². The molecule has 2 aromatic carbocycles. The maximum atomic E-state index is 13.8. The fraction of sp³-hybridized carbons (Fsp3) is 0.333. The minimum atomic E-state index is -0.792. The van der Waals surface area contributed by atoms with Crippen molar-refractivity contribution in [3.8, 4) is 22.8 Å². The number of hydrogen-bond acceptors (Lipinski definition) is 9. The van der Waals surface area contributed by atoms with Gasteiger partial charge in [0, 0.05) is 53.7 Å². The molecule has 1 aliphatic heterocycles. The summed E-state index contributed by atoms with van der Waals surface area (Å²) in [6.45, 7) is 2.51. The molecule has 3 aromatic rings. The number of halogens is 1. The van der Waals surface area contributed by atoms with Crippen LogP contribution in [0.4, 0.5) is 10.1 Å². The number of rotatable bonds is 10. The second-order valence-electron chi connectivity index (χ2n) is 10.7. The number of hydrazone groups is 1. The number of benzene rings is 2. The number of methoxy groups -OCH3 is 1. The average Bonchev–Trinajstić information content (AvgIpc) is 3.77. The Morgan fingerprint density at radius 3 is 2.69 bits per heavy atom. The Kier molecular flexibility index (Phi) is 7.99. The molecule has 2 heterocycles. The third-order valence-electron chi connectivity index (χ3n) is 7.93. The van der Waals surface area contributed by atoms with Gasteiger partial charge in [-0.25, -0.2) is 15.2 Å².